The zero-order valence-electron chi connectivity index (χ0n) is 11.0. The Hall–Kier alpha value is 0.250. The zero-order chi connectivity index (χ0) is 11.9. The lowest BCUT2D eigenvalue weighted by Crippen LogP contribution is -2.42. The van der Waals surface area contributed by atoms with E-state index in [0.29, 0.717) is 10.8 Å². The minimum Gasteiger partial charge on any atom is -0.375 e. The summed E-state index contributed by atoms with van der Waals surface area (Å²) in [6.45, 7) is 3.47. The van der Waals surface area contributed by atoms with Gasteiger partial charge in [0.2, 0.25) is 0 Å². The van der Waals surface area contributed by atoms with Crippen LogP contribution in [0, 0.1) is 11.3 Å². The molecule has 98 valence electrons. The highest BCUT2D eigenvalue weighted by Crippen LogP contribution is 2.53. The van der Waals surface area contributed by atoms with Crippen LogP contribution >= 0.6 is 11.6 Å². The first-order valence-corrected chi connectivity index (χ1v) is 7.84. The number of alkyl halides is 1. The standard InChI is InChI=1S/C15H25ClO/c1-14(8-4-13(16)11-14)12-5-9-17-15(10-12)6-2-3-7-15/h12-13H,2-11H2,1H3. The van der Waals surface area contributed by atoms with Gasteiger partial charge in [0, 0.05) is 12.0 Å². The van der Waals surface area contributed by atoms with Gasteiger partial charge in [0.15, 0.2) is 0 Å². The van der Waals surface area contributed by atoms with E-state index in [2.05, 4.69) is 6.92 Å². The van der Waals surface area contributed by atoms with Gasteiger partial charge in [-0.1, -0.05) is 19.8 Å². The number of rotatable bonds is 1. The second-order valence-corrected chi connectivity index (χ2v) is 7.54. The minimum absolute atomic E-state index is 0.274. The zero-order valence-corrected chi connectivity index (χ0v) is 11.8. The Morgan fingerprint density at radius 2 is 1.82 bits per heavy atom. The average Bonchev–Trinajstić information content (AvgIpc) is 2.88. The van der Waals surface area contributed by atoms with Crippen molar-refractivity contribution in [1.82, 2.24) is 0 Å². The van der Waals surface area contributed by atoms with Crippen LogP contribution in [0.5, 0.6) is 0 Å². The highest BCUT2D eigenvalue weighted by atomic mass is 35.5. The maximum atomic E-state index is 6.34. The topological polar surface area (TPSA) is 9.23 Å². The summed E-state index contributed by atoms with van der Waals surface area (Å²) in [4.78, 5) is 0. The largest absolute Gasteiger partial charge is 0.375 e. The molecule has 0 aromatic carbocycles. The number of ether oxygens (including phenoxy) is 1. The van der Waals surface area contributed by atoms with Crippen LogP contribution < -0.4 is 0 Å². The van der Waals surface area contributed by atoms with Gasteiger partial charge in [0.25, 0.3) is 0 Å². The van der Waals surface area contributed by atoms with E-state index in [1.165, 1.54) is 57.8 Å². The molecule has 3 unspecified atom stereocenters. The quantitative estimate of drug-likeness (QED) is 0.627. The van der Waals surface area contributed by atoms with Gasteiger partial charge in [0.05, 0.1) is 5.60 Å². The van der Waals surface area contributed by atoms with Gasteiger partial charge in [-0.25, -0.2) is 0 Å². The van der Waals surface area contributed by atoms with Gasteiger partial charge in [-0.2, -0.15) is 0 Å². The molecule has 2 aliphatic carbocycles. The molecule has 1 spiro atoms. The van der Waals surface area contributed by atoms with E-state index in [1.807, 2.05) is 0 Å². The van der Waals surface area contributed by atoms with Crippen molar-refractivity contribution in [3.63, 3.8) is 0 Å². The van der Waals surface area contributed by atoms with E-state index in [9.17, 15) is 0 Å². The first-order chi connectivity index (χ1) is 8.12. The van der Waals surface area contributed by atoms with Gasteiger partial charge in [-0.05, 0) is 56.3 Å². The molecule has 3 atom stereocenters. The van der Waals surface area contributed by atoms with Crippen molar-refractivity contribution in [2.45, 2.75) is 75.7 Å². The summed E-state index contributed by atoms with van der Waals surface area (Å²) < 4.78 is 6.16. The Balaban J connectivity index is 1.71. The molecule has 1 aliphatic heterocycles. The molecule has 2 saturated carbocycles. The lowest BCUT2D eigenvalue weighted by Gasteiger charge is -2.45. The van der Waals surface area contributed by atoms with Crippen molar-refractivity contribution in [2.75, 3.05) is 6.61 Å². The summed E-state index contributed by atoms with van der Waals surface area (Å²) in [7, 11) is 0. The smallest absolute Gasteiger partial charge is 0.0685 e. The first-order valence-electron chi connectivity index (χ1n) is 7.40. The predicted molar refractivity (Wildman–Crippen MR) is 71.5 cm³/mol. The van der Waals surface area contributed by atoms with Crippen LogP contribution in [0.2, 0.25) is 0 Å². The SMILES string of the molecule is CC1(C2CCOC3(CCCC3)C2)CCC(Cl)C1. The van der Waals surface area contributed by atoms with Gasteiger partial charge >= 0.3 is 0 Å². The second kappa shape index (κ2) is 4.42. The van der Waals surface area contributed by atoms with Crippen molar-refractivity contribution in [1.29, 1.82) is 0 Å². The fraction of sp³-hybridized carbons (Fsp3) is 1.00. The first kappa shape index (κ1) is 12.3. The summed E-state index contributed by atoms with van der Waals surface area (Å²) in [6, 6.07) is 0. The molecule has 3 aliphatic rings. The fourth-order valence-electron chi connectivity index (χ4n) is 4.56. The van der Waals surface area contributed by atoms with Gasteiger partial charge in [-0.3, -0.25) is 0 Å². The van der Waals surface area contributed by atoms with Gasteiger partial charge < -0.3 is 4.74 Å². The number of hydrogen-bond donors (Lipinski definition) is 0. The monoisotopic (exact) mass is 256 g/mol. The summed E-state index contributed by atoms with van der Waals surface area (Å²) in [5, 5.41) is 0.433. The number of hydrogen-bond acceptors (Lipinski definition) is 1. The Morgan fingerprint density at radius 3 is 2.47 bits per heavy atom. The third kappa shape index (κ3) is 2.26. The van der Waals surface area contributed by atoms with Crippen molar-refractivity contribution >= 4 is 11.6 Å². The summed E-state index contributed by atoms with van der Waals surface area (Å²) in [6.07, 6.45) is 11.7. The Labute approximate surface area is 110 Å². The van der Waals surface area contributed by atoms with E-state index in [0.717, 1.165) is 12.5 Å². The maximum Gasteiger partial charge on any atom is 0.0685 e. The molecule has 3 fully saturated rings. The average molecular weight is 257 g/mol. The van der Waals surface area contributed by atoms with Crippen LogP contribution in [-0.2, 0) is 4.74 Å². The van der Waals surface area contributed by atoms with Crippen molar-refractivity contribution in [3.05, 3.63) is 0 Å². The molecule has 17 heavy (non-hydrogen) atoms. The lowest BCUT2D eigenvalue weighted by atomic mass is 9.68. The molecular formula is C15H25ClO. The summed E-state index contributed by atoms with van der Waals surface area (Å²) >= 11 is 6.34. The molecule has 0 bridgehead atoms. The predicted octanol–water partition coefficient (Wildman–Crippen LogP) is 4.52. The van der Waals surface area contributed by atoms with Crippen molar-refractivity contribution in [2.24, 2.45) is 11.3 Å². The molecule has 0 amide bonds. The molecule has 0 N–H and O–H groups in total. The fourth-order valence-corrected chi connectivity index (χ4v) is 5.02. The molecule has 0 aromatic heterocycles. The summed E-state index contributed by atoms with van der Waals surface area (Å²) in [5.41, 5.74) is 0.780. The van der Waals surface area contributed by atoms with E-state index in [4.69, 9.17) is 16.3 Å². The van der Waals surface area contributed by atoms with E-state index < -0.39 is 0 Å². The second-order valence-electron chi connectivity index (χ2n) is 6.92. The Bertz CT molecular complexity index is 285. The van der Waals surface area contributed by atoms with Gasteiger partial charge in [0.1, 0.15) is 0 Å². The molecular weight excluding hydrogens is 232 g/mol. The minimum atomic E-state index is 0.274. The lowest BCUT2D eigenvalue weighted by molar-refractivity contribution is -0.113. The maximum absolute atomic E-state index is 6.34. The Kier molecular flexibility index (Phi) is 3.19. The van der Waals surface area contributed by atoms with Crippen LogP contribution in [-0.4, -0.2) is 17.6 Å². The van der Waals surface area contributed by atoms with Crippen LogP contribution in [0.25, 0.3) is 0 Å². The normalized spacial score (nSPS) is 45.5. The summed E-state index contributed by atoms with van der Waals surface area (Å²) in [5.74, 6) is 0.859. The highest BCUT2D eigenvalue weighted by Gasteiger charge is 2.47. The van der Waals surface area contributed by atoms with E-state index >= 15 is 0 Å². The van der Waals surface area contributed by atoms with Crippen molar-refractivity contribution < 1.29 is 4.74 Å². The highest BCUT2D eigenvalue weighted by molar-refractivity contribution is 6.20. The van der Waals surface area contributed by atoms with Gasteiger partial charge in [-0.15, -0.1) is 11.6 Å². The Morgan fingerprint density at radius 1 is 1.06 bits per heavy atom. The molecule has 3 rings (SSSR count). The molecule has 1 nitrogen and oxygen atoms in total. The molecule has 0 radical (unpaired) electrons. The third-order valence-corrected chi connectivity index (χ3v) is 6.08. The van der Waals surface area contributed by atoms with Crippen LogP contribution in [0.15, 0.2) is 0 Å². The third-order valence-electron chi connectivity index (χ3n) is 5.71. The number of halogens is 1. The molecule has 0 aromatic rings. The van der Waals surface area contributed by atoms with E-state index in [-0.39, 0.29) is 5.60 Å². The van der Waals surface area contributed by atoms with Crippen LogP contribution in [0.3, 0.4) is 0 Å². The van der Waals surface area contributed by atoms with Crippen LogP contribution in [0.4, 0.5) is 0 Å². The van der Waals surface area contributed by atoms with Crippen LogP contribution in [0.1, 0.15) is 64.7 Å². The van der Waals surface area contributed by atoms with Crippen molar-refractivity contribution in [3.8, 4) is 0 Å². The molecule has 2 heteroatoms. The molecule has 1 saturated heterocycles. The van der Waals surface area contributed by atoms with E-state index in [1.54, 1.807) is 0 Å². The molecule has 1 heterocycles.